The van der Waals surface area contributed by atoms with Gasteiger partial charge in [-0.3, -0.25) is 9.59 Å². The van der Waals surface area contributed by atoms with Crippen molar-refractivity contribution in [3.05, 3.63) is 18.3 Å². The molecule has 2 aliphatic rings. The smallest absolute Gasteiger partial charge is 0.242 e. The zero-order valence-corrected chi connectivity index (χ0v) is 14.3. The van der Waals surface area contributed by atoms with E-state index in [1.807, 2.05) is 31.1 Å². The molecule has 3 rings (SSSR count). The summed E-state index contributed by atoms with van der Waals surface area (Å²) in [4.78, 5) is 33.7. The molecule has 1 aromatic rings. The predicted molar refractivity (Wildman–Crippen MR) is 90.0 cm³/mol. The van der Waals surface area contributed by atoms with Crippen molar-refractivity contribution < 1.29 is 14.3 Å². The predicted octanol–water partition coefficient (Wildman–Crippen LogP) is 0.750. The van der Waals surface area contributed by atoms with Crippen LogP contribution in [0, 0.1) is 0 Å². The minimum absolute atomic E-state index is 0.00960. The van der Waals surface area contributed by atoms with Gasteiger partial charge in [-0.05, 0) is 18.6 Å². The molecule has 1 aromatic heterocycles. The lowest BCUT2D eigenvalue weighted by Crippen LogP contribution is -2.40. The van der Waals surface area contributed by atoms with Crippen molar-refractivity contribution in [1.82, 2.24) is 14.8 Å². The number of nitrogens with zero attached hydrogens (tertiary/aromatic N) is 4. The number of carbonyl (C=O) groups excluding carboxylic acids is 2. The first kappa shape index (κ1) is 16.5. The van der Waals surface area contributed by atoms with E-state index in [1.165, 1.54) is 0 Å². The number of ether oxygens (including phenoxy) is 1. The molecule has 130 valence electrons. The maximum Gasteiger partial charge on any atom is 0.242 e. The number of carbonyl (C=O) groups is 2. The van der Waals surface area contributed by atoms with E-state index in [0.717, 1.165) is 24.4 Å². The van der Waals surface area contributed by atoms with Crippen LogP contribution in [0.2, 0.25) is 0 Å². The van der Waals surface area contributed by atoms with Gasteiger partial charge in [0.2, 0.25) is 11.8 Å². The van der Waals surface area contributed by atoms with Gasteiger partial charge in [0.05, 0.1) is 13.1 Å². The van der Waals surface area contributed by atoms with Gasteiger partial charge in [0, 0.05) is 46.2 Å². The average molecular weight is 332 g/mol. The first-order valence-corrected chi connectivity index (χ1v) is 8.39. The summed E-state index contributed by atoms with van der Waals surface area (Å²) in [6, 6.07) is 3.74. The van der Waals surface area contributed by atoms with Crippen LogP contribution in [0.25, 0.3) is 0 Å². The average Bonchev–Trinajstić information content (AvgIpc) is 3.17. The topological polar surface area (TPSA) is 66.0 Å². The van der Waals surface area contributed by atoms with Crippen molar-refractivity contribution >= 4 is 17.6 Å². The van der Waals surface area contributed by atoms with Gasteiger partial charge in [-0.1, -0.05) is 0 Å². The summed E-state index contributed by atoms with van der Waals surface area (Å²) in [5, 5.41) is 0. The van der Waals surface area contributed by atoms with E-state index in [0.29, 0.717) is 26.1 Å². The number of aromatic nitrogens is 1. The number of likely N-dealkylation sites (tertiary alicyclic amines) is 2. The van der Waals surface area contributed by atoms with Gasteiger partial charge in [0.25, 0.3) is 0 Å². The van der Waals surface area contributed by atoms with Gasteiger partial charge in [-0.15, -0.1) is 0 Å². The first-order chi connectivity index (χ1) is 11.5. The molecular weight excluding hydrogens is 308 g/mol. The number of rotatable bonds is 5. The number of pyridine rings is 1. The third kappa shape index (κ3) is 3.60. The zero-order valence-electron chi connectivity index (χ0n) is 14.3. The van der Waals surface area contributed by atoms with Crippen molar-refractivity contribution in [2.75, 3.05) is 45.2 Å². The minimum atomic E-state index is -0.0360. The second-order valence-electron chi connectivity index (χ2n) is 6.51. The lowest BCUT2D eigenvalue weighted by Gasteiger charge is -2.22. The van der Waals surface area contributed by atoms with Crippen molar-refractivity contribution in [3.63, 3.8) is 0 Å². The van der Waals surface area contributed by atoms with Gasteiger partial charge < -0.3 is 19.4 Å². The number of anilines is 1. The summed E-state index contributed by atoms with van der Waals surface area (Å²) in [5.41, 5.74) is 0. The third-order valence-corrected chi connectivity index (χ3v) is 4.46. The highest BCUT2D eigenvalue weighted by Crippen LogP contribution is 2.26. The molecule has 0 saturated carbocycles. The van der Waals surface area contributed by atoms with Crippen LogP contribution >= 0.6 is 0 Å². The summed E-state index contributed by atoms with van der Waals surface area (Å²) in [7, 11) is 3.85. The van der Waals surface area contributed by atoms with Gasteiger partial charge in [0.15, 0.2) is 11.6 Å². The van der Waals surface area contributed by atoms with E-state index in [1.54, 1.807) is 16.0 Å². The largest absolute Gasteiger partial charge is 0.485 e. The van der Waals surface area contributed by atoms with E-state index in [4.69, 9.17) is 4.74 Å². The normalized spacial score (nSPS) is 20.6. The molecule has 2 amide bonds. The first-order valence-electron chi connectivity index (χ1n) is 8.39. The molecular formula is C17H24N4O3. The molecule has 2 aliphatic heterocycles. The fraction of sp³-hybridized carbons (Fsp3) is 0.588. The molecule has 0 spiro atoms. The molecule has 2 fully saturated rings. The summed E-state index contributed by atoms with van der Waals surface area (Å²) in [5.74, 6) is 1.61. The van der Waals surface area contributed by atoms with Crippen LogP contribution in [0.15, 0.2) is 18.3 Å². The molecule has 0 radical (unpaired) electrons. The Morgan fingerprint density at radius 1 is 1.42 bits per heavy atom. The fourth-order valence-corrected chi connectivity index (χ4v) is 3.18. The second-order valence-corrected chi connectivity index (χ2v) is 6.51. The van der Waals surface area contributed by atoms with Crippen molar-refractivity contribution in [2.24, 2.45) is 0 Å². The van der Waals surface area contributed by atoms with Crippen LogP contribution in [-0.2, 0) is 9.59 Å². The highest BCUT2D eigenvalue weighted by atomic mass is 16.5. The Labute approximate surface area is 142 Å². The Hall–Kier alpha value is -2.31. The van der Waals surface area contributed by atoms with E-state index in [-0.39, 0.29) is 24.5 Å². The highest BCUT2D eigenvalue weighted by Gasteiger charge is 2.31. The SMILES string of the molecule is CN(C)c1ncccc1O[C@H]1CCN(C(=O)CN2CCCC2=O)C1. The van der Waals surface area contributed by atoms with Gasteiger partial charge in [-0.2, -0.15) is 0 Å². The van der Waals surface area contributed by atoms with Gasteiger partial charge >= 0.3 is 0 Å². The summed E-state index contributed by atoms with van der Waals surface area (Å²) >= 11 is 0. The second kappa shape index (κ2) is 7.07. The van der Waals surface area contributed by atoms with Crippen molar-refractivity contribution in [2.45, 2.75) is 25.4 Å². The Balaban J connectivity index is 1.56. The molecule has 7 nitrogen and oxygen atoms in total. The number of hydrogen-bond donors (Lipinski definition) is 0. The Bertz CT molecular complexity index is 620. The summed E-state index contributed by atoms with van der Waals surface area (Å²) in [6.45, 7) is 2.12. The van der Waals surface area contributed by atoms with Crippen molar-refractivity contribution in [1.29, 1.82) is 0 Å². The zero-order chi connectivity index (χ0) is 17.1. The van der Waals surface area contributed by atoms with Crippen LogP contribution < -0.4 is 9.64 Å². The minimum Gasteiger partial charge on any atom is -0.485 e. The summed E-state index contributed by atoms with van der Waals surface area (Å²) in [6.07, 6.45) is 3.91. The van der Waals surface area contributed by atoms with Crippen LogP contribution in [0.3, 0.4) is 0 Å². The molecule has 0 aliphatic carbocycles. The van der Waals surface area contributed by atoms with Crippen molar-refractivity contribution in [3.8, 4) is 5.75 Å². The van der Waals surface area contributed by atoms with E-state index in [2.05, 4.69) is 4.98 Å². The highest BCUT2D eigenvalue weighted by molar-refractivity contribution is 5.86. The number of amides is 2. The standard InChI is InChI=1S/C17H24N4O3/c1-19(2)17-14(5-3-8-18-17)24-13-7-10-21(11-13)16(23)12-20-9-4-6-15(20)22/h3,5,8,13H,4,6-7,9-12H2,1-2H3/t13-/m0/s1. The molecule has 24 heavy (non-hydrogen) atoms. The van der Waals surface area contributed by atoms with Crippen LogP contribution in [-0.4, -0.2) is 73.0 Å². The fourth-order valence-electron chi connectivity index (χ4n) is 3.18. The molecule has 0 bridgehead atoms. The van der Waals surface area contributed by atoms with Gasteiger partial charge in [0.1, 0.15) is 6.10 Å². The quantitative estimate of drug-likeness (QED) is 0.796. The monoisotopic (exact) mass is 332 g/mol. The molecule has 3 heterocycles. The number of hydrogen-bond acceptors (Lipinski definition) is 5. The summed E-state index contributed by atoms with van der Waals surface area (Å²) < 4.78 is 6.06. The van der Waals surface area contributed by atoms with E-state index < -0.39 is 0 Å². The molecule has 0 unspecified atom stereocenters. The lowest BCUT2D eigenvalue weighted by molar-refractivity contribution is -0.137. The van der Waals surface area contributed by atoms with E-state index >= 15 is 0 Å². The maximum atomic E-state index is 12.4. The Kier molecular flexibility index (Phi) is 4.87. The Morgan fingerprint density at radius 3 is 2.96 bits per heavy atom. The Morgan fingerprint density at radius 2 is 2.25 bits per heavy atom. The van der Waals surface area contributed by atoms with Crippen LogP contribution in [0.4, 0.5) is 5.82 Å². The molecule has 0 aromatic carbocycles. The maximum absolute atomic E-state index is 12.4. The van der Waals surface area contributed by atoms with Gasteiger partial charge in [-0.25, -0.2) is 4.98 Å². The molecule has 7 heteroatoms. The van der Waals surface area contributed by atoms with Crippen LogP contribution in [0.5, 0.6) is 5.75 Å². The molecule has 1 atom stereocenters. The van der Waals surface area contributed by atoms with E-state index in [9.17, 15) is 9.59 Å². The third-order valence-electron chi connectivity index (χ3n) is 4.46. The molecule has 2 saturated heterocycles. The molecule has 0 N–H and O–H groups in total. The van der Waals surface area contributed by atoms with Crippen LogP contribution in [0.1, 0.15) is 19.3 Å². The lowest BCUT2D eigenvalue weighted by atomic mass is 10.3.